The van der Waals surface area contributed by atoms with Gasteiger partial charge >= 0.3 is 0 Å². The first kappa shape index (κ1) is 22.1. The lowest BCUT2D eigenvalue weighted by molar-refractivity contribution is -0.117. The van der Waals surface area contributed by atoms with Crippen LogP contribution in [0.1, 0.15) is 36.3 Å². The zero-order valence-electron chi connectivity index (χ0n) is 17.5. The summed E-state index contributed by atoms with van der Waals surface area (Å²) < 4.78 is 47.0. The molecule has 4 aromatic rings. The molecule has 1 aliphatic rings. The third-order valence-electron chi connectivity index (χ3n) is 5.66. The summed E-state index contributed by atoms with van der Waals surface area (Å²) in [6.07, 6.45) is -1.53. The van der Waals surface area contributed by atoms with Gasteiger partial charge in [-0.1, -0.05) is 41.0 Å². The molecule has 11 heteroatoms. The van der Waals surface area contributed by atoms with Gasteiger partial charge in [0.2, 0.25) is 5.91 Å². The molecule has 2 aromatic carbocycles. The van der Waals surface area contributed by atoms with Crippen LogP contribution in [0.15, 0.2) is 59.1 Å². The van der Waals surface area contributed by atoms with E-state index < -0.39 is 35.8 Å². The van der Waals surface area contributed by atoms with Crippen LogP contribution >= 0.6 is 11.6 Å². The second kappa shape index (κ2) is 8.60. The van der Waals surface area contributed by atoms with Crippen molar-refractivity contribution in [3.8, 4) is 11.6 Å². The number of amides is 1. The topological polar surface area (TPSA) is 85.8 Å². The van der Waals surface area contributed by atoms with Crippen molar-refractivity contribution in [2.75, 3.05) is 5.32 Å². The van der Waals surface area contributed by atoms with E-state index in [-0.39, 0.29) is 16.6 Å². The molecular formula is C23H17ClF3N5O2. The van der Waals surface area contributed by atoms with Crippen molar-refractivity contribution in [2.24, 2.45) is 0 Å². The van der Waals surface area contributed by atoms with E-state index >= 15 is 0 Å². The minimum atomic E-state index is -2.87. The van der Waals surface area contributed by atoms with Crippen molar-refractivity contribution in [2.45, 2.75) is 31.2 Å². The number of hydrogen-bond donors (Lipinski definition) is 1. The Labute approximate surface area is 196 Å². The summed E-state index contributed by atoms with van der Waals surface area (Å²) in [6.45, 7) is -0.426. The SMILES string of the molecule is O=C(Cn1nc(-c2nc(C3(c4ccc(F)cc4Cl)CC3)no2)cc1C(F)F)Nc1ccccc1. The normalized spacial score (nSPS) is 14.4. The predicted octanol–water partition coefficient (Wildman–Crippen LogP) is 5.38. The number of alkyl halides is 2. The van der Waals surface area contributed by atoms with Gasteiger partial charge in [-0.3, -0.25) is 9.48 Å². The number of para-hydroxylation sites is 1. The Morgan fingerprint density at radius 3 is 2.62 bits per heavy atom. The van der Waals surface area contributed by atoms with E-state index in [1.165, 1.54) is 12.1 Å². The molecule has 0 radical (unpaired) electrons. The van der Waals surface area contributed by atoms with Gasteiger partial charge in [0.05, 0.1) is 5.41 Å². The maximum absolute atomic E-state index is 13.6. The highest BCUT2D eigenvalue weighted by atomic mass is 35.5. The fourth-order valence-corrected chi connectivity index (χ4v) is 4.18. The Hall–Kier alpha value is -3.66. The number of halogens is 4. The summed E-state index contributed by atoms with van der Waals surface area (Å²) in [7, 11) is 0. The molecule has 34 heavy (non-hydrogen) atoms. The Morgan fingerprint density at radius 1 is 1.18 bits per heavy atom. The van der Waals surface area contributed by atoms with Gasteiger partial charge in [0.1, 0.15) is 18.1 Å². The third kappa shape index (κ3) is 4.16. The number of carbonyl (C=O) groups excluding carboxylic acids is 1. The molecule has 0 unspecified atom stereocenters. The first-order chi connectivity index (χ1) is 16.4. The molecule has 5 rings (SSSR count). The average Bonchev–Trinajstić information content (AvgIpc) is 3.24. The zero-order valence-corrected chi connectivity index (χ0v) is 18.3. The number of carbonyl (C=O) groups is 1. The van der Waals surface area contributed by atoms with Crippen molar-refractivity contribution in [1.82, 2.24) is 19.9 Å². The molecule has 1 aliphatic carbocycles. The van der Waals surface area contributed by atoms with Crippen LogP contribution in [0.25, 0.3) is 11.6 Å². The summed E-state index contributed by atoms with van der Waals surface area (Å²) in [6, 6.07) is 13.9. The summed E-state index contributed by atoms with van der Waals surface area (Å²) in [4.78, 5) is 16.7. The quantitative estimate of drug-likeness (QED) is 0.378. The highest BCUT2D eigenvalue weighted by Gasteiger charge is 2.51. The van der Waals surface area contributed by atoms with Gasteiger partial charge in [0.25, 0.3) is 12.3 Å². The second-order valence-electron chi connectivity index (χ2n) is 7.96. The highest BCUT2D eigenvalue weighted by molar-refractivity contribution is 6.31. The molecule has 1 N–H and O–H groups in total. The first-order valence-corrected chi connectivity index (χ1v) is 10.7. The lowest BCUT2D eigenvalue weighted by atomic mass is 9.95. The molecule has 2 aromatic heterocycles. The van der Waals surface area contributed by atoms with Crippen molar-refractivity contribution in [3.63, 3.8) is 0 Å². The molecule has 7 nitrogen and oxygen atoms in total. The van der Waals surface area contributed by atoms with Crippen LogP contribution < -0.4 is 5.32 Å². The number of rotatable bonds is 7. The van der Waals surface area contributed by atoms with Crippen molar-refractivity contribution >= 4 is 23.2 Å². The molecule has 1 fully saturated rings. The van der Waals surface area contributed by atoms with E-state index in [1.54, 1.807) is 36.4 Å². The number of anilines is 1. The number of benzene rings is 2. The van der Waals surface area contributed by atoms with Gasteiger partial charge in [0.15, 0.2) is 11.5 Å². The number of nitrogens with one attached hydrogen (secondary N) is 1. The Bertz CT molecular complexity index is 1350. The molecule has 174 valence electrons. The number of hydrogen-bond acceptors (Lipinski definition) is 5. The minimum Gasteiger partial charge on any atom is -0.332 e. The van der Waals surface area contributed by atoms with Crippen LogP contribution in [0.5, 0.6) is 0 Å². The van der Waals surface area contributed by atoms with E-state index in [0.717, 1.165) is 10.7 Å². The van der Waals surface area contributed by atoms with Crippen LogP contribution in [0, 0.1) is 5.82 Å². The molecule has 0 aliphatic heterocycles. The molecular weight excluding hydrogens is 471 g/mol. The van der Waals surface area contributed by atoms with Crippen LogP contribution in [-0.4, -0.2) is 25.8 Å². The molecule has 0 spiro atoms. The van der Waals surface area contributed by atoms with Gasteiger partial charge in [-0.05, 0) is 48.7 Å². The molecule has 0 saturated heterocycles. The van der Waals surface area contributed by atoms with Gasteiger partial charge < -0.3 is 9.84 Å². The standard InChI is InChI=1S/C23H17ClF3N5O2/c24-16-10-13(25)6-7-15(16)23(8-9-23)22-29-21(34-31-22)17-11-18(20(26)27)32(30-17)12-19(33)28-14-4-2-1-3-5-14/h1-7,10-11,20H,8-9,12H2,(H,28,33). The molecule has 0 bridgehead atoms. The lowest BCUT2D eigenvalue weighted by Crippen LogP contribution is -2.21. The molecule has 1 amide bonds. The monoisotopic (exact) mass is 487 g/mol. The minimum absolute atomic E-state index is 0.0163. The molecule has 1 saturated carbocycles. The van der Waals surface area contributed by atoms with E-state index in [4.69, 9.17) is 16.1 Å². The number of aromatic nitrogens is 4. The number of nitrogens with zero attached hydrogens (tertiary/aromatic N) is 4. The van der Waals surface area contributed by atoms with Gasteiger partial charge in [0, 0.05) is 10.7 Å². The maximum atomic E-state index is 13.6. The van der Waals surface area contributed by atoms with Gasteiger partial charge in [-0.25, -0.2) is 13.2 Å². The van der Waals surface area contributed by atoms with Crippen LogP contribution in [-0.2, 0) is 16.8 Å². The first-order valence-electron chi connectivity index (χ1n) is 10.4. The van der Waals surface area contributed by atoms with Crippen LogP contribution in [0.3, 0.4) is 0 Å². The smallest absolute Gasteiger partial charge is 0.280 e. The Kier molecular flexibility index (Phi) is 5.60. The fraction of sp³-hybridized carbons (Fsp3) is 0.217. The van der Waals surface area contributed by atoms with E-state index in [1.807, 2.05) is 0 Å². The van der Waals surface area contributed by atoms with E-state index in [0.29, 0.717) is 29.9 Å². The van der Waals surface area contributed by atoms with Crippen LogP contribution in [0.4, 0.5) is 18.9 Å². The van der Waals surface area contributed by atoms with Crippen molar-refractivity contribution in [3.05, 3.63) is 82.5 Å². The summed E-state index contributed by atoms with van der Waals surface area (Å²) in [5.74, 6) is -0.730. The van der Waals surface area contributed by atoms with Gasteiger partial charge in [-0.2, -0.15) is 10.1 Å². The third-order valence-corrected chi connectivity index (χ3v) is 5.97. The maximum Gasteiger partial charge on any atom is 0.280 e. The van der Waals surface area contributed by atoms with Crippen LogP contribution in [0.2, 0.25) is 5.02 Å². The van der Waals surface area contributed by atoms with Gasteiger partial charge in [-0.15, -0.1) is 0 Å². The van der Waals surface area contributed by atoms with Crippen molar-refractivity contribution < 1.29 is 22.5 Å². The molecule has 0 atom stereocenters. The average molecular weight is 488 g/mol. The summed E-state index contributed by atoms with van der Waals surface area (Å²) >= 11 is 6.23. The van der Waals surface area contributed by atoms with E-state index in [2.05, 4.69) is 20.6 Å². The van der Waals surface area contributed by atoms with Crippen molar-refractivity contribution in [1.29, 1.82) is 0 Å². The summed E-state index contributed by atoms with van der Waals surface area (Å²) in [5.41, 5.74) is 0.132. The Balaban J connectivity index is 1.40. The lowest BCUT2D eigenvalue weighted by Gasteiger charge is -2.12. The second-order valence-corrected chi connectivity index (χ2v) is 8.36. The molecule has 2 heterocycles. The zero-order chi connectivity index (χ0) is 23.9. The summed E-state index contributed by atoms with van der Waals surface area (Å²) in [5, 5.41) is 11.0. The highest BCUT2D eigenvalue weighted by Crippen LogP contribution is 2.54. The largest absolute Gasteiger partial charge is 0.332 e. The predicted molar refractivity (Wildman–Crippen MR) is 117 cm³/mol. The van der Waals surface area contributed by atoms with E-state index in [9.17, 15) is 18.0 Å². The Morgan fingerprint density at radius 2 is 1.94 bits per heavy atom. The fourth-order valence-electron chi connectivity index (χ4n) is 3.83.